The Balaban J connectivity index is 1.35. The number of morpholine rings is 1. The monoisotopic (exact) mass is 733 g/mol. The fourth-order valence-electron chi connectivity index (χ4n) is 6.15. The highest BCUT2D eigenvalue weighted by atomic mass is 19.4. The lowest BCUT2D eigenvalue weighted by Crippen LogP contribution is -2.53. The molecule has 1 amide bonds. The fraction of sp³-hybridized carbons (Fsp3) is 0.265. The molecule has 52 heavy (non-hydrogen) atoms. The molecule has 18 heteroatoms. The van der Waals surface area contributed by atoms with E-state index in [2.05, 4.69) is 10.3 Å². The van der Waals surface area contributed by atoms with Crippen LogP contribution in [0.25, 0.3) is 27.5 Å². The van der Waals surface area contributed by atoms with Gasteiger partial charge in [0.1, 0.15) is 29.3 Å². The van der Waals surface area contributed by atoms with Gasteiger partial charge in [-0.2, -0.15) is 13.2 Å². The molecule has 1 N–H and O–H groups in total. The van der Waals surface area contributed by atoms with Crippen molar-refractivity contribution in [2.45, 2.75) is 24.7 Å². The lowest BCUT2D eigenvalue weighted by atomic mass is 9.99. The van der Waals surface area contributed by atoms with Gasteiger partial charge in [-0.05, 0) is 35.9 Å². The maximum atomic E-state index is 15.3. The van der Waals surface area contributed by atoms with E-state index in [1.165, 1.54) is 37.5 Å². The van der Waals surface area contributed by atoms with Crippen molar-refractivity contribution in [3.63, 3.8) is 0 Å². The van der Waals surface area contributed by atoms with Gasteiger partial charge >= 0.3 is 17.8 Å². The van der Waals surface area contributed by atoms with Crippen molar-refractivity contribution in [1.29, 1.82) is 0 Å². The van der Waals surface area contributed by atoms with E-state index >= 15 is 8.78 Å². The van der Waals surface area contributed by atoms with E-state index in [1.54, 1.807) is 0 Å². The summed E-state index contributed by atoms with van der Waals surface area (Å²) in [5.41, 5.74) is -3.43. The summed E-state index contributed by atoms with van der Waals surface area (Å²) in [5.74, 6) is -8.02. The molecule has 3 aromatic carbocycles. The highest BCUT2D eigenvalue weighted by Crippen LogP contribution is 2.33. The van der Waals surface area contributed by atoms with E-state index in [9.17, 15) is 41.1 Å². The molecule has 272 valence electrons. The van der Waals surface area contributed by atoms with Crippen LogP contribution in [0.4, 0.5) is 36.4 Å². The Kier molecular flexibility index (Phi) is 9.52. The molecule has 3 heterocycles. The van der Waals surface area contributed by atoms with Crippen molar-refractivity contribution in [2.24, 2.45) is 7.05 Å². The minimum atomic E-state index is -4.78. The van der Waals surface area contributed by atoms with Gasteiger partial charge in [-0.3, -0.25) is 19.1 Å². The van der Waals surface area contributed by atoms with Crippen LogP contribution >= 0.6 is 0 Å². The number of esters is 1. The van der Waals surface area contributed by atoms with Gasteiger partial charge in [0.2, 0.25) is 0 Å². The lowest BCUT2D eigenvalue weighted by molar-refractivity contribution is -0.167. The second-order valence-corrected chi connectivity index (χ2v) is 11.8. The van der Waals surface area contributed by atoms with E-state index in [4.69, 9.17) is 9.47 Å². The fourth-order valence-corrected chi connectivity index (χ4v) is 6.15. The molecule has 2 aromatic heterocycles. The Bertz CT molecular complexity index is 2360. The average Bonchev–Trinajstić information content (AvgIpc) is 3.11. The Morgan fingerprint density at radius 1 is 1.00 bits per heavy atom. The number of hydrogen-bond acceptors (Lipinski definition) is 8. The topological polar surface area (TPSA) is 125 Å². The quantitative estimate of drug-likeness (QED) is 0.196. The number of amides is 1. The molecule has 0 bridgehead atoms. The molecular weight excluding hydrogens is 707 g/mol. The number of nitrogens with one attached hydrogen (secondary N) is 1. The smallest absolute Gasteiger partial charge is 0.411 e. The number of nitrogens with zero attached hydrogens (tertiary/aromatic N) is 4. The van der Waals surface area contributed by atoms with Crippen LogP contribution < -0.4 is 21.5 Å². The van der Waals surface area contributed by atoms with Crippen LogP contribution in [0.5, 0.6) is 0 Å². The first kappa shape index (κ1) is 36.0. The molecule has 11 nitrogen and oxygen atoms in total. The van der Waals surface area contributed by atoms with Gasteiger partial charge in [-0.1, -0.05) is 12.1 Å². The predicted octanol–water partition coefficient (Wildman–Crippen LogP) is 4.08. The zero-order chi connectivity index (χ0) is 37.6. The lowest BCUT2D eigenvalue weighted by Gasteiger charge is -2.38. The van der Waals surface area contributed by atoms with Gasteiger partial charge < -0.3 is 19.7 Å². The number of carbonyl (C=O) groups is 2. The number of carbonyl (C=O) groups excluding carboxylic acids is 2. The number of rotatable bonds is 7. The van der Waals surface area contributed by atoms with Gasteiger partial charge in [0.05, 0.1) is 42.4 Å². The summed E-state index contributed by atoms with van der Waals surface area (Å²) in [6, 6.07) is 4.46. The third kappa shape index (κ3) is 6.44. The molecule has 1 aliphatic heterocycles. The molecule has 2 atom stereocenters. The molecule has 0 spiro atoms. The van der Waals surface area contributed by atoms with Crippen LogP contribution in [0, 0.1) is 23.3 Å². The number of benzene rings is 3. The molecule has 0 saturated carbocycles. The summed E-state index contributed by atoms with van der Waals surface area (Å²) in [4.78, 5) is 58.0. The van der Waals surface area contributed by atoms with Crippen LogP contribution in [0.15, 0.2) is 64.3 Å². The predicted molar refractivity (Wildman–Crippen MR) is 171 cm³/mol. The number of fused-ring (bicyclic) bond motifs is 2. The average molecular weight is 734 g/mol. The number of anilines is 1. The Hall–Kier alpha value is -5.78. The normalized spacial score (nSPS) is 15.6. The second-order valence-electron chi connectivity index (χ2n) is 11.8. The summed E-state index contributed by atoms with van der Waals surface area (Å²) in [5, 5.41) is 2.16. The van der Waals surface area contributed by atoms with Crippen molar-refractivity contribution < 1.29 is 49.8 Å². The Labute approximate surface area is 287 Å². The molecule has 5 aromatic rings. The van der Waals surface area contributed by atoms with Gasteiger partial charge in [0, 0.05) is 43.4 Å². The second kappa shape index (κ2) is 13.7. The van der Waals surface area contributed by atoms with Crippen LogP contribution in [0.2, 0.25) is 0 Å². The van der Waals surface area contributed by atoms with Gasteiger partial charge in [0.15, 0.2) is 11.6 Å². The first-order valence-electron chi connectivity index (χ1n) is 15.4. The summed E-state index contributed by atoms with van der Waals surface area (Å²) in [6.07, 6.45) is -3.82. The maximum absolute atomic E-state index is 15.3. The minimum Gasteiger partial charge on any atom is -0.467 e. The Morgan fingerprint density at radius 3 is 2.37 bits per heavy atom. The number of aryl methyl sites for hydroxylation is 1. The minimum absolute atomic E-state index is 0.0454. The Morgan fingerprint density at radius 2 is 1.69 bits per heavy atom. The van der Waals surface area contributed by atoms with Gasteiger partial charge in [-0.15, -0.1) is 0 Å². The van der Waals surface area contributed by atoms with Crippen molar-refractivity contribution in [1.82, 2.24) is 19.4 Å². The van der Waals surface area contributed by atoms with Crippen molar-refractivity contribution in [3.8, 4) is 5.69 Å². The number of hydrogen-bond donors (Lipinski definition) is 1. The third-order valence-corrected chi connectivity index (χ3v) is 8.70. The summed E-state index contributed by atoms with van der Waals surface area (Å²) in [6.45, 7) is -1.23. The van der Waals surface area contributed by atoms with Crippen LogP contribution in [-0.2, 0) is 27.7 Å². The van der Waals surface area contributed by atoms with Crippen molar-refractivity contribution in [3.05, 3.63) is 110 Å². The number of pyridine rings is 1. The standard InChI is InChI=1S/C34H26F7N5O6/c1-44-26-14-21(36)20(35)13-19(26)31(48)46(33(44)50)25-6-5-16(18-4-3-7-42-29(18)25)10-24(32(49)51-2)43-30(47)28-22(37)11-17(12-23(28)38)45-8-9-52-15-27(45)34(39,40)41/h3-7,11-14,24,27H,8-10,15H2,1-2H3,(H,43,47)/t24-,27+/m0/s1. The first-order valence-corrected chi connectivity index (χ1v) is 15.4. The van der Waals surface area contributed by atoms with E-state index < -0.39 is 82.5 Å². The van der Waals surface area contributed by atoms with Crippen LogP contribution in [-0.4, -0.2) is 71.1 Å². The van der Waals surface area contributed by atoms with Crippen molar-refractivity contribution in [2.75, 3.05) is 31.8 Å². The molecule has 1 fully saturated rings. The highest BCUT2D eigenvalue weighted by molar-refractivity contribution is 5.98. The van der Waals surface area contributed by atoms with E-state index in [-0.39, 0.29) is 52.6 Å². The summed E-state index contributed by atoms with van der Waals surface area (Å²) < 4.78 is 111. The molecule has 0 aliphatic carbocycles. The zero-order valence-electron chi connectivity index (χ0n) is 27.1. The number of halogens is 7. The molecule has 0 radical (unpaired) electrons. The molecule has 0 unspecified atom stereocenters. The van der Waals surface area contributed by atoms with Crippen LogP contribution in [0.3, 0.4) is 0 Å². The first-order chi connectivity index (χ1) is 24.6. The number of alkyl halides is 3. The van der Waals surface area contributed by atoms with Crippen LogP contribution in [0.1, 0.15) is 15.9 Å². The van der Waals surface area contributed by atoms with E-state index in [0.717, 1.165) is 22.6 Å². The largest absolute Gasteiger partial charge is 0.467 e. The SMILES string of the molecule is COC(=O)[C@H](Cc1ccc(-n2c(=O)c3cc(F)c(F)cc3n(C)c2=O)c2ncccc12)NC(=O)c1c(F)cc(N2CCOC[C@@H]2C(F)(F)F)cc1F. The third-order valence-electron chi connectivity index (χ3n) is 8.70. The maximum Gasteiger partial charge on any atom is 0.411 e. The van der Waals surface area contributed by atoms with Crippen molar-refractivity contribution >= 4 is 39.4 Å². The van der Waals surface area contributed by atoms with Gasteiger partial charge in [-0.25, -0.2) is 31.7 Å². The van der Waals surface area contributed by atoms with Gasteiger partial charge in [0.25, 0.3) is 11.5 Å². The molecule has 1 aliphatic rings. The summed E-state index contributed by atoms with van der Waals surface area (Å²) in [7, 11) is 2.25. The zero-order valence-corrected chi connectivity index (χ0v) is 27.1. The molecular formula is C34H26F7N5O6. The summed E-state index contributed by atoms with van der Waals surface area (Å²) >= 11 is 0. The molecule has 1 saturated heterocycles. The van der Waals surface area contributed by atoms with E-state index in [0.29, 0.717) is 22.8 Å². The molecule has 6 rings (SSSR count). The van der Waals surface area contributed by atoms with E-state index in [1.807, 2.05) is 0 Å². The number of aromatic nitrogens is 3. The highest BCUT2D eigenvalue weighted by Gasteiger charge is 2.46. The number of methoxy groups -OCH3 is 1. The number of ether oxygens (including phenoxy) is 2.